The van der Waals surface area contributed by atoms with Crippen molar-refractivity contribution < 1.29 is 24.2 Å². The highest BCUT2D eigenvalue weighted by molar-refractivity contribution is 6.51. The lowest BCUT2D eigenvalue weighted by Crippen LogP contribution is -2.35. The van der Waals surface area contributed by atoms with Crippen molar-refractivity contribution in [3.8, 4) is 0 Å². The summed E-state index contributed by atoms with van der Waals surface area (Å²) >= 11 is 0. The van der Waals surface area contributed by atoms with Gasteiger partial charge < -0.3 is 9.84 Å². The average Bonchev–Trinajstić information content (AvgIpc) is 2.82. The smallest absolute Gasteiger partial charge is 0.342 e. The lowest BCUT2D eigenvalue weighted by atomic mass is 9.70. The Morgan fingerprint density at radius 2 is 1.86 bits per heavy atom. The van der Waals surface area contributed by atoms with Crippen molar-refractivity contribution in [2.24, 2.45) is 11.8 Å². The van der Waals surface area contributed by atoms with E-state index in [1.807, 2.05) is 57.2 Å². The van der Waals surface area contributed by atoms with Crippen LogP contribution in [-0.2, 0) is 19.1 Å². The van der Waals surface area contributed by atoms with Crippen LogP contribution in [0.25, 0.3) is 0 Å². The Labute approximate surface area is 208 Å². The second-order valence-corrected chi connectivity index (χ2v) is 9.72. The van der Waals surface area contributed by atoms with Crippen LogP contribution in [0, 0.1) is 11.8 Å². The van der Waals surface area contributed by atoms with E-state index in [4.69, 9.17) is 4.74 Å². The summed E-state index contributed by atoms with van der Waals surface area (Å²) in [6.45, 7) is 11.7. The number of Topliss-reactive ketones (excluding diaryl/α,β-unsaturated/α-hetero) is 2. The van der Waals surface area contributed by atoms with E-state index >= 15 is 0 Å². The summed E-state index contributed by atoms with van der Waals surface area (Å²) in [7, 11) is 0. The van der Waals surface area contributed by atoms with Gasteiger partial charge in [0.1, 0.15) is 17.4 Å². The number of ether oxygens (including phenoxy) is 1. The maximum absolute atomic E-state index is 13.4. The van der Waals surface area contributed by atoms with Crippen molar-refractivity contribution >= 4 is 17.5 Å². The molecule has 0 fully saturated rings. The molecule has 0 aliphatic heterocycles. The monoisotopic (exact) mass is 476 g/mol. The van der Waals surface area contributed by atoms with Crippen LogP contribution in [0.4, 0.5) is 0 Å². The van der Waals surface area contributed by atoms with Crippen molar-refractivity contribution in [1.29, 1.82) is 0 Å². The van der Waals surface area contributed by atoms with E-state index in [0.717, 1.165) is 42.4 Å². The molecule has 3 atom stereocenters. The average molecular weight is 477 g/mol. The van der Waals surface area contributed by atoms with Crippen molar-refractivity contribution in [3.05, 3.63) is 82.2 Å². The van der Waals surface area contributed by atoms with Gasteiger partial charge in [0, 0.05) is 11.5 Å². The molecule has 5 nitrogen and oxygen atoms in total. The van der Waals surface area contributed by atoms with Gasteiger partial charge in [0.2, 0.25) is 11.6 Å². The van der Waals surface area contributed by atoms with E-state index in [1.54, 1.807) is 6.92 Å². The fourth-order valence-corrected chi connectivity index (χ4v) is 5.00. The molecule has 35 heavy (non-hydrogen) atoms. The first kappa shape index (κ1) is 26.4. The standard InChI is InChI=1S/C30H36O5/c1-6-7-9-14-23-26(30(34)35-20(5)21-12-10-8-11-13-21)28(32)25(29(33)27(23)31)24-17-19(4)15-16-22(24)18(2)3/h8,10-13,17,20,22,24,32H,2,6-7,9,14-16H2,1,3-5H3/t20?,22-,24+/m0/s1. The number of ketones is 2. The van der Waals surface area contributed by atoms with Crippen molar-refractivity contribution in [2.75, 3.05) is 0 Å². The van der Waals surface area contributed by atoms with Gasteiger partial charge in [0.25, 0.3) is 0 Å². The van der Waals surface area contributed by atoms with E-state index in [2.05, 4.69) is 6.58 Å². The van der Waals surface area contributed by atoms with Crippen LogP contribution in [0.5, 0.6) is 0 Å². The van der Waals surface area contributed by atoms with Gasteiger partial charge in [-0.25, -0.2) is 4.79 Å². The summed E-state index contributed by atoms with van der Waals surface area (Å²) in [6, 6.07) is 9.26. The molecular formula is C30H36O5. The molecule has 0 amide bonds. The zero-order chi connectivity index (χ0) is 25.7. The number of hydrogen-bond acceptors (Lipinski definition) is 5. The Kier molecular flexibility index (Phi) is 8.66. The lowest BCUT2D eigenvalue weighted by Gasteiger charge is -2.33. The van der Waals surface area contributed by atoms with Crippen LogP contribution < -0.4 is 0 Å². The van der Waals surface area contributed by atoms with Crippen LogP contribution in [0.2, 0.25) is 0 Å². The third-order valence-corrected chi connectivity index (χ3v) is 7.02. The molecule has 2 aliphatic carbocycles. The van der Waals surface area contributed by atoms with Crippen LogP contribution in [0.15, 0.2) is 76.6 Å². The van der Waals surface area contributed by atoms with Crippen molar-refractivity contribution in [1.82, 2.24) is 0 Å². The van der Waals surface area contributed by atoms with Gasteiger partial charge in [-0.15, -0.1) is 0 Å². The van der Waals surface area contributed by atoms with Gasteiger partial charge in [0.05, 0.1) is 5.57 Å². The van der Waals surface area contributed by atoms with E-state index < -0.39 is 35.3 Å². The number of allylic oxidation sites excluding steroid dienone is 5. The Morgan fingerprint density at radius 3 is 2.49 bits per heavy atom. The van der Waals surface area contributed by atoms with Gasteiger partial charge in [-0.2, -0.15) is 0 Å². The molecular weight excluding hydrogens is 440 g/mol. The second-order valence-electron chi connectivity index (χ2n) is 9.72. The molecule has 0 spiro atoms. The molecule has 1 aromatic carbocycles. The van der Waals surface area contributed by atoms with Crippen molar-refractivity contribution in [3.63, 3.8) is 0 Å². The largest absolute Gasteiger partial charge is 0.507 e. The molecule has 1 N–H and O–H groups in total. The molecule has 2 aliphatic rings. The third kappa shape index (κ3) is 5.72. The molecule has 0 bridgehead atoms. The highest BCUT2D eigenvalue weighted by Crippen LogP contribution is 2.42. The number of unbranched alkanes of at least 4 members (excludes halogenated alkanes) is 2. The first-order valence-electron chi connectivity index (χ1n) is 12.5. The third-order valence-electron chi connectivity index (χ3n) is 7.02. The van der Waals surface area contributed by atoms with Crippen LogP contribution in [0.1, 0.15) is 77.9 Å². The first-order chi connectivity index (χ1) is 16.7. The Morgan fingerprint density at radius 1 is 1.17 bits per heavy atom. The quantitative estimate of drug-likeness (QED) is 0.141. The molecule has 5 heteroatoms. The minimum Gasteiger partial charge on any atom is -0.507 e. The summed E-state index contributed by atoms with van der Waals surface area (Å²) in [6.07, 6.45) is 5.59. The number of hydrogen-bond donors (Lipinski definition) is 1. The predicted octanol–water partition coefficient (Wildman–Crippen LogP) is 6.68. The fourth-order valence-electron chi connectivity index (χ4n) is 5.00. The minimum absolute atomic E-state index is 0.0133. The number of benzene rings is 1. The summed E-state index contributed by atoms with van der Waals surface area (Å²) in [4.78, 5) is 40.1. The SMILES string of the molecule is C=C(C)[C@@H]1CCC(C)=C[C@H]1C1=C(O)C(C(=O)OC(C)c2ccccc2)=C(CCCCC)C(=O)C1=O. The molecule has 0 heterocycles. The lowest BCUT2D eigenvalue weighted by molar-refractivity contribution is -0.144. The van der Waals surface area contributed by atoms with Crippen LogP contribution >= 0.6 is 0 Å². The molecule has 0 saturated carbocycles. The van der Waals surface area contributed by atoms with Crippen LogP contribution in [-0.4, -0.2) is 22.6 Å². The zero-order valence-electron chi connectivity index (χ0n) is 21.2. The summed E-state index contributed by atoms with van der Waals surface area (Å²) in [5.74, 6) is -3.27. The normalized spacial score (nSPS) is 21.7. The molecule has 0 aromatic heterocycles. The molecule has 1 aromatic rings. The highest BCUT2D eigenvalue weighted by atomic mass is 16.5. The summed E-state index contributed by atoms with van der Waals surface area (Å²) in [5, 5.41) is 11.4. The van der Waals surface area contributed by atoms with E-state index in [9.17, 15) is 19.5 Å². The molecule has 0 saturated heterocycles. The maximum Gasteiger partial charge on any atom is 0.342 e. The zero-order valence-corrected chi connectivity index (χ0v) is 21.2. The second kappa shape index (κ2) is 11.5. The van der Waals surface area contributed by atoms with Crippen LogP contribution in [0.3, 0.4) is 0 Å². The van der Waals surface area contributed by atoms with E-state index in [1.165, 1.54) is 0 Å². The molecule has 186 valence electrons. The number of aliphatic hydroxyl groups excluding tert-OH is 1. The van der Waals surface area contributed by atoms with E-state index in [-0.39, 0.29) is 29.1 Å². The Balaban J connectivity index is 2.10. The maximum atomic E-state index is 13.4. The number of carbonyl (C=O) groups is 3. The molecule has 1 unspecified atom stereocenters. The Hall–Kier alpha value is -3.21. The number of carbonyl (C=O) groups excluding carboxylic acids is 3. The van der Waals surface area contributed by atoms with E-state index in [0.29, 0.717) is 6.42 Å². The number of esters is 1. The first-order valence-corrected chi connectivity index (χ1v) is 12.5. The summed E-state index contributed by atoms with van der Waals surface area (Å²) in [5.41, 5.74) is 2.62. The topological polar surface area (TPSA) is 80.7 Å². The van der Waals surface area contributed by atoms with Gasteiger partial charge in [0.15, 0.2) is 0 Å². The Bertz CT molecular complexity index is 1100. The molecule has 3 rings (SSSR count). The molecule has 0 radical (unpaired) electrons. The van der Waals surface area contributed by atoms with Gasteiger partial charge in [-0.1, -0.05) is 73.9 Å². The van der Waals surface area contributed by atoms with Gasteiger partial charge >= 0.3 is 5.97 Å². The summed E-state index contributed by atoms with van der Waals surface area (Å²) < 4.78 is 5.71. The fraction of sp³-hybridized carbons (Fsp3) is 0.433. The predicted molar refractivity (Wildman–Crippen MR) is 137 cm³/mol. The highest BCUT2D eigenvalue weighted by Gasteiger charge is 2.43. The minimum atomic E-state index is -0.785. The van der Waals surface area contributed by atoms with Gasteiger partial charge in [-0.3, -0.25) is 9.59 Å². The van der Waals surface area contributed by atoms with Gasteiger partial charge in [-0.05, 0) is 57.9 Å². The van der Waals surface area contributed by atoms with Crippen molar-refractivity contribution in [2.45, 2.75) is 72.3 Å². The number of aliphatic hydroxyl groups is 1. The number of rotatable bonds is 9.